The van der Waals surface area contributed by atoms with Crippen LogP contribution in [-0.2, 0) is 14.0 Å². The molecule has 114 valence electrons. The van der Waals surface area contributed by atoms with Crippen molar-refractivity contribution >= 4 is 24.4 Å². The summed E-state index contributed by atoms with van der Waals surface area (Å²) in [6, 6.07) is 4.63. The third-order valence-corrected chi connectivity index (χ3v) is 3.96. The molecule has 0 aromatic heterocycles. The first-order valence-corrected chi connectivity index (χ1v) is 6.67. The van der Waals surface area contributed by atoms with E-state index in [1.807, 2.05) is 27.7 Å². The molecule has 7 heteroatoms. The number of carbonyl (C=O) groups excluding carboxylic acids is 1. The Morgan fingerprint density at radius 2 is 1.81 bits per heavy atom. The van der Waals surface area contributed by atoms with Crippen molar-refractivity contribution in [3.8, 4) is 0 Å². The maximum atomic E-state index is 14.5. The van der Waals surface area contributed by atoms with Crippen LogP contribution in [0.15, 0.2) is 18.2 Å². The average Bonchev–Trinajstić information content (AvgIpc) is 2.60. The molecule has 5 nitrogen and oxygen atoms in total. The molecular formula is C14H19BFNO4. The van der Waals surface area contributed by atoms with Gasteiger partial charge in [-0.2, -0.15) is 0 Å². The molecule has 0 unspecified atom stereocenters. The molecule has 0 atom stereocenters. The number of methoxy groups -OCH3 is 1. The molecular weight excluding hydrogens is 276 g/mol. The van der Waals surface area contributed by atoms with Gasteiger partial charge in [-0.05, 0) is 33.8 Å². The van der Waals surface area contributed by atoms with Crippen molar-refractivity contribution in [1.29, 1.82) is 0 Å². The second kappa shape index (κ2) is 5.31. The van der Waals surface area contributed by atoms with Gasteiger partial charge in [0.25, 0.3) is 0 Å². The number of halogens is 1. The summed E-state index contributed by atoms with van der Waals surface area (Å²) >= 11 is 0. The van der Waals surface area contributed by atoms with E-state index in [2.05, 4.69) is 10.1 Å². The lowest BCUT2D eigenvalue weighted by molar-refractivity contribution is 0.00578. The molecule has 0 saturated carbocycles. The number of benzene rings is 1. The number of rotatable bonds is 2. The lowest BCUT2D eigenvalue weighted by atomic mass is 9.78. The van der Waals surface area contributed by atoms with Gasteiger partial charge < -0.3 is 14.0 Å². The van der Waals surface area contributed by atoms with E-state index in [9.17, 15) is 9.18 Å². The minimum absolute atomic E-state index is 0.0223. The van der Waals surface area contributed by atoms with Gasteiger partial charge in [-0.25, -0.2) is 9.18 Å². The van der Waals surface area contributed by atoms with Crippen LogP contribution in [0.2, 0.25) is 0 Å². The van der Waals surface area contributed by atoms with E-state index < -0.39 is 30.2 Å². The maximum absolute atomic E-state index is 14.5. The summed E-state index contributed by atoms with van der Waals surface area (Å²) < 4.78 is 30.6. The standard InChI is InChI=1S/C14H19BFNO4/c1-13(2)14(3,4)21-15(20-13)9-7-6-8-10(11(9)16)17-12(18)19-5/h6-8H,1-5H3,(H,17,18). The Bertz CT molecular complexity index is 546. The van der Waals surface area contributed by atoms with E-state index in [0.29, 0.717) is 0 Å². The van der Waals surface area contributed by atoms with Crippen molar-refractivity contribution in [2.75, 3.05) is 12.4 Å². The number of ether oxygens (including phenoxy) is 1. The summed E-state index contributed by atoms with van der Waals surface area (Å²) in [5.74, 6) is -0.596. The van der Waals surface area contributed by atoms with Crippen molar-refractivity contribution in [3.05, 3.63) is 24.0 Å². The van der Waals surface area contributed by atoms with Crippen molar-refractivity contribution < 1.29 is 23.2 Å². The van der Waals surface area contributed by atoms with E-state index in [1.165, 1.54) is 13.2 Å². The lowest BCUT2D eigenvalue weighted by Gasteiger charge is -2.32. The van der Waals surface area contributed by atoms with Crippen LogP contribution in [0.5, 0.6) is 0 Å². The average molecular weight is 295 g/mol. The van der Waals surface area contributed by atoms with Crippen LogP contribution in [0.3, 0.4) is 0 Å². The summed E-state index contributed by atoms with van der Waals surface area (Å²) in [5.41, 5.74) is -0.859. The minimum Gasteiger partial charge on any atom is -0.453 e. The number of anilines is 1. The molecule has 21 heavy (non-hydrogen) atoms. The van der Waals surface area contributed by atoms with Gasteiger partial charge in [0, 0.05) is 5.46 Å². The summed E-state index contributed by atoms with van der Waals surface area (Å²) in [5, 5.41) is 2.32. The third-order valence-electron chi connectivity index (χ3n) is 3.96. The van der Waals surface area contributed by atoms with Crippen LogP contribution in [0, 0.1) is 5.82 Å². The molecule has 0 aliphatic carbocycles. The molecule has 0 radical (unpaired) electrons. The number of amides is 1. The fourth-order valence-corrected chi connectivity index (χ4v) is 1.96. The van der Waals surface area contributed by atoms with Crippen molar-refractivity contribution in [3.63, 3.8) is 0 Å². The zero-order valence-electron chi connectivity index (χ0n) is 12.8. The normalized spacial score (nSPS) is 19.4. The van der Waals surface area contributed by atoms with Gasteiger partial charge in [-0.15, -0.1) is 0 Å². The van der Waals surface area contributed by atoms with E-state index >= 15 is 0 Å². The smallest absolute Gasteiger partial charge is 0.453 e. The second-order valence-corrected chi connectivity index (χ2v) is 5.91. The summed E-state index contributed by atoms with van der Waals surface area (Å²) in [7, 11) is 0.389. The van der Waals surface area contributed by atoms with Crippen molar-refractivity contribution in [2.45, 2.75) is 38.9 Å². The summed E-state index contributed by atoms with van der Waals surface area (Å²) in [6.07, 6.45) is -0.736. The number of hydrogen-bond acceptors (Lipinski definition) is 4. The number of carbonyl (C=O) groups is 1. The van der Waals surface area contributed by atoms with Gasteiger partial charge in [0.1, 0.15) is 5.82 Å². The fraction of sp³-hybridized carbons (Fsp3) is 0.500. The van der Waals surface area contributed by atoms with Gasteiger partial charge in [-0.3, -0.25) is 5.32 Å². The molecule has 1 amide bonds. The fourth-order valence-electron chi connectivity index (χ4n) is 1.96. The number of hydrogen-bond donors (Lipinski definition) is 1. The predicted octanol–water partition coefficient (Wildman–Crippen LogP) is 2.30. The third kappa shape index (κ3) is 2.89. The molecule has 1 aliphatic heterocycles. The van der Waals surface area contributed by atoms with Crippen LogP contribution in [-0.4, -0.2) is 31.5 Å². The monoisotopic (exact) mass is 295 g/mol. The van der Waals surface area contributed by atoms with Crippen LogP contribution in [0.4, 0.5) is 14.9 Å². The van der Waals surface area contributed by atoms with Crippen LogP contribution in [0.25, 0.3) is 0 Å². The SMILES string of the molecule is COC(=O)Nc1cccc(B2OC(C)(C)C(C)(C)O2)c1F. The Labute approximate surface area is 123 Å². The molecule has 0 bridgehead atoms. The first kappa shape index (κ1) is 15.8. The molecule has 0 spiro atoms. The van der Waals surface area contributed by atoms with Crippen LogP contribution < -0.4 is 10.8 Å². The molecule has 1 aromatic rings. The first-order valence-electron chi connectivity index (χ1n) is 6.67. The Balaban J connectivity index is 2.30. The zero-order valence-corrected chi connectivity index (χ0v) is 12.8. The van der Waals surface area contributed by atoms with E-state index in [0.717, 1.165) is 0 Å². The molecule has 1 saturated heterocycles. The van der Waals surface area contributed by atoms with Crippen LogP contribution in [0.1, 0.15) is 27.7 Å². The van der Waals surface area contributed by atoms with Gasteiger partial charge in [-0.1, -0.05) is 12.1 Å². The van der Waals surface area contributed by atoms with Gasteiger partial charge >= 0.3 is 13.2 Å². The molecule has 2 rings (SSSR count). The second-order valence-electron chi connectivity index (χ2n) is 5.91. The molecule has 1 aliphatic rings. The van der Waals surface area contributed by atoms with Crippen molar-refractivity contribution in [1.82, 2.24) is 0 Å². The zero-order chi connectivity index (χ0) is 15.8. The predicted molar refractivity (Wildman–Crippen MR) is 78.1 cm³/mol. The van der Waals surface area contributed by atoms with Gasteiger partial charge in [0.05, 0.1) is 24.0 Å². The summed E-state index contributed by atoms with van der Waals surface area (Å²) in [4.78, 5) is 11.2. The van der Waals surface area contributed by atoms with E-state index in [1.54, 1.807) is 12.1 Å². The highest BCUT2D eigenvalue weighted by molar-refractivity contribution is 6.62. The van der Waals surface area contributed by atoms with E-state index in [-0.39, 0.29) is 11.2 Å². The Hall–Kier alpha value is -1.60. The highest BCUT2D eigenvalue weighted by atomic mass is 19.1. The highest BCUT2D eigenvalue weighted by Gasteiger charge is 2.52. The molecule has 1 fully saturated rings. The highest BCUT2D eigenvalue weighted by Crippen LogP contribution is 2.36. The lowest BCUT2D eigenvalue weighted by Crippen LogP contribution is -2.41. The Morgan fingerprint density at radius 1 is 1.24 bits per heavy atom. The maximum Gasteiger partial charge on any atom is 0.497 e. The van der Waals surface area contributed by atoms with E-state index in [4.69, 9.17) is 9.31 Å². The Morgan fingerprint density at radius 3 is 2.33 bits per heavy atom. The number of nitrogens with one attached hydrogen (secondary N) is 1. The Kier molecular flexibility index (Phi) is 3.99. The molecule has 1 N–H and O–H groups in total. The van der Waals surface area contributed by atoms with Crippen molar-refractivity contribution in [2.24, 2.45) is 0 Å². The largest absolute Gasteiger partial charge is 0.497 e. The minimum atomic E-state index is -0.825. The molecule has 1 heterocycles. The summed E-state index contributed by atoms with van der Waals surface area (Å²) in [6.45, 7) is 7.56. The quantitative estimate of drug-likeness (QED) is 0.851. The first-order chi connectivity index (χ1) is 9.68. The molecule has 1 aromatic carbocycles. The topological polar surface area (TPSA) is 56.8 Å². The van der Waals surface area contributed by atoms with Gasteiger partial charge in [0.15, 0.2) is 0 Å². The van der Waals surface area contributed by atoms with Gasteiger partial charge in [0.2, 0.25) is 0 Å². The van der Waals surface area contributed by atoms with Crippen LogP contribution >= 0.6 is 0 Å².